The molecule has 0 saturated heterocycles. The summed E-state index contributed by atoms with van der Waals surface area (Å²) < 4.78 is 23.8. The molecule has 1 aliphatic rings. The maximum absolute atomic E-state index is 13.2. The van der Waals surface area contributed by atoms with Gasteiger partial charge in [-0.3, -0.25) is 0 Å². The van der Waals surface area contributed by atoms with Crippen LogP contribution >= 0.6 is 0 Å². The van der Waals surface area contributed by atoms with Gasteiger partial charge in [0.25, 0.3) is 0 Å². The largest absolute Gasteiger partial charge is 0.449 e. The Morgan fingerprint density at radius 3 is 1.81 bits per heavy atom. The van der Waals surface area contributed by atoms with Crippen molar-refractivity contribution in [2.24, 2.45) is 0 Å². The van der Waals surface area contributed by atoms with Gasteiger partial charge in [-0.25, -0.2) is 4.79 Å². The van der Waals surface area contributed by atoms with Crippen molar-refractivity contribution in [3.63, 3.8) is 0 Å². The molecule has 0 aliphatic heterocycles. The highest BCUT2D eigenvalue weighted by molar-refractivity contribution is 5.79. The molecule has 3 aromatic rings. The zero-order chi connectivity index (χ0) is 25.4. The lowest BCUT2D eigenvalue weighted by Gasteiger charge is -2.39. The van der Waals surface area contributed by atoms with Gasteiger partial charge in [0.15, 0.2) is 0 Å². The first-order chi connectivity index (χ1) is 17.6. The van der Waals surface area contributed by atoms with Crippen molar-refractivity contribution in [3.8, 4) is 11.1 Å². The summed E-state index contributed by atoms with van der Waals surface area (Å²) in [7, 11) is 0. The van der Waals surface area contributed by atoms with Crippen LogP contribution in [0.3, 0.4) is 0 Å². The molecule has 6 heteroatoms. The van der Waals surface area contributed by atoms with Gasteiger partial charge >= 0.3 is 12.1 Å². The SMILES string of the molecule is CCOC(OCC)(OCC)C(Cc1ccccc1)NC(=O)OCC1c2ccccc2-c2ccccc21. The van der Waals surface area contributed by atoms with E-state index in [9.17, 15) is 4.79 Å². The molecule has 0 radical (unpaired) electrons. The molecule has 1 unspecified atom stereocenters. The second-order valence-electron chi connectivity index (χ2n) is 8.61. The lowest BCUT2D eigenvalue weighted by molar-refractivity contribution is -0.388. The number of carbonyl (C=O) groups is 1. The Morgan fingerprint density at radius 1 is 0.778 bits per heavy atom. The van der Waals surface area contributed by atoms with E-state index in [-0.39, 0.29) is 12.5 Å². The van der Waals surface area contributed by atoms with Gasteiger partial charge in [-0.2, -0.15) is 0 Å². The van der Waals surface area contributed by atoms with E-state index in [1.165, 1.54) is 22.3 Å². The zero-order valence-electron chi connectivity index (χ0n) is 21.2. The van der Waals surface area contributed by atoms with Crippen molar-refractivity contribution in [1.82, 2.24) is 5.32 Å². The van der Waals surface area contributed by atoms with Crippen LogP contribution in [0.1, 0.15) is 43.4 Å². The maximum Gasteiger partial charge on any atom is 0.407 e. The van der Waals surface area contributed by atoms with Crippen LogP contribution < -0.4 is 5.32 Å². The van der Waals surface area contributed by atoms with Crippen molar-refractivity contribution in [3.05, 3.63) is 95.6 Å². The first kappa shape index (κ1) is 25.9. The van der Waals surface area contributed by atoms with Crippen molar-refractivity contribution >= 4 is 6.09 Å². The standard InChI is InChI=1S/C30H35NO5/c1-4-34-30(35-5-2,36-6-3)28(20-22-14-8-7-9-15-22)31-29(32)33-21-27-25-18-12-10-16-23(25)24-17-11-13-19-26(24)27/h7-19,27-28H,4-6,20-21H2,1-3H3,(H,31,32). The Labute approximate surface area is 213 Å². The van der Waals surface area contributed by atoms with Gasteiger partial charge in [0.1, 0.15) is 12.6 Å². The Hall–Kier alpha value is -3.19. The summed E-state index contributed by atoms with van der Waals surface area (Å²) in [5.41, 5.74) is 5.73. The van der Waals surface area contributed by atoms with E-state index in [0.717, 1.165) is 5.56 Å². The quantitative estimate of drug-likeness (QED) is 0.321. The van der Waals surface area contributed by atoms with E-state index in [1.54, 1.807) is 0 Å². The highest BCUT2D eigenvalue weighted by Gasteiger charge is 2.44. The molecule has 1 atom stereocenters. The van der Waals surface area contributed by atoms with Crippen molar-refractivity contribution < 1.29 is 23.7 Å². The number of ether oxygens (including phenoxy) is 4. The number of hydrogen-bond donors (Lipinski definition) is 1. The average molecular weight is 490 g/mol. The van der Waals surface area contributed by atoms with Crippen molar-refractivity contribution in [1.29, 1.82) is 0 Å². The maximum atomic E-state index is 13.2. The molecule has 0 fully saturated rings. The van der Waals surface area contributed by atoms with Crippen LogP contribution in [0.5, 0.6) is 0 Å². The minimum atomic E-state index is -1.43. The summed E-state index contributed by atoms with van der Waals surface area (Å²) in [6.07, 6.45) is -0.0910. The minimum absolute atomic E-state index is 0.0221. The third-order valence-corrected chi connectivity index (χ3v) is 6.38. The summed E-state index contributed by atoms with van der Waals surface area (Å²) in [4.78, 5) is 13.2. The second kappa shape index (κ2) is 12.2. The van der Waals surface area contributed by atoms with E-state index >= 15 is 0 Å². The van der Waals surface area contributed by atoms with Gasteiger partial charge in [-0.15, -0.1) is 0 Å². The van der Waals surface area contributed by atoms with Crippen molar-refractivity contribution in [2.75, 3.05) is 26.4 Å². The molecule has 0 spiro atoms. The molecule has 0 bridgehead atoms. The molecule has 0 saturated carbocycles. The Kier molecular flexibility index (Phi) is 8.75. The summed E-state index contributed by atoms with van der Waals surface area (Å²) in [6, 6.07) is 25.8. The third kappa shape index (κ3) is 5.62. The molecule has 0 heterocycles. The van der Waals surface area contributed by atoms with Gasteiger partial charge in [-0.05, 0) is 48.6 Å². The minimum Gasteiger partial charge on any atom is -0.449 e. The van der Waals surface area contributed by atoms with E-state index in [2.05, 4.69) is 29.6 Å². The monoisotopic (exact) mass is 489 g/mol. The van der Waals surface area contributed by atoms with Crippen LogP contribution in [-0.2, 0) is 25.4 Å². The van der Waals surface area contributed by atoms with Crippen LogP contribution in [0.2, 0.25) is 0 Å². The highest BCUT2D eigenvalue weighted by atomic mass is 16.9. The molecule has 0 aromatic heterocycles. The Balaban J connectivity index is 1.54. The smallest absolute Gasteiger partial charge is 0.407 e. The molecular weight excluding hydrogens is 454 g/mol. The van der Waals surface area contributed by atoms with Crippen LogP contribution in [0.25, 0.3) is 11.1 Å². The summed E-state index contributed by atoms with van der Waals surface area (Å²) >= 11 is 0. The number of amides is 1. The number of carbonyl (C=O) groups excluding carboxylic acids is 1. The normalized spacial score (nSPS) is 13.6. The third-order valence-electron chi connectivity index (χ3n) is 6.38. The van der Waals surface area contributed by atoms with Crippen LogP contribution in [0, 0.1) is 0 Å². The number of nitrogens with one attached hydrogen (secondary N) is 1. The van der Waals surface area contributed by atoms with Gasteiger partial charge < -0.3 is 24.3 Å². The Bertz CT molecular complexity index is 1070. The molecule has 6 nitrogen and oxygen atoms in total. The number of benzene rings is 3. The van der Waals surface area contributed by atoms with Gasteiger partial charge in [-0.1, -0.05) is 78.9 Å². The number of hydrogen-bond acceptors (Lipinski definition) is 5. The summed E-state index contributed by atoms with van der Waals surface area (Å²) in [5.74, 6) is -1.45. The van der Waals surface area contributed by atoms with Crippen molar-refractivity contribution in [2.45, 2.75) is 45.1 Å². The summed E-state index contributed by atoms with van der Waals surface area (Å²) in [5, 5.41) is 3.00. The van der Waals surface area contributed by atoms with E-state index < -0.39 is 18.1 Å². The molecule has 3 aromatic carbocycles. The van der Waals surface area contributed by atoms with Crippen LogP contribution in [-0.4, -0.2) is 44.5 Å². The van der Waals surface area contributed by atoms with Crippen LogP contribution in [0.15, 0.2) is 78.9 Å². The molecule has 36 heavy (non-hydrogen) atoms. The lowest BCUT2D eigenvalue weighted by Crippen LogP contribution is -2.59. The zero-order valence-corrected chi connectivity index (χ0v) is 21.2. The first-order valence-electron chi connectivity index (χ1n) is 12.7. The molecule has 1 amide bonds. The number of fused-ring (bicyclic) bond motifs is 3. The van der Waals surface area contributed by atoms with Crippen LogP contribution in [0.4, 0.5) is 4.79 Å². The second-order valence-corrected chi connectivity index (χ2v) is 8.61. The fourth-order valence-corrected chi connectivity index (χ4v) is 4.93. The molecule has 1 N–H and O–H groups in total. The molecule has 4 rings (SSSR count). The lowest BCUT2D eigenvalue weighted by atomic mass is 9.98. The van der Waals surface area contributed by atoms with E-state index in [4.69, 9.17) is 18.9 Å². The van der Waals surface area contributed by atoms with E-state index in [1.807, 2.05) is 75.4 Å². The van der Waals surface area contributed by atoms with Gasteiger partial charge in [0.05, 0.1) is 0 Å². The van der Waals surface area contributed by atoms with Gasteiger partial charge in [0, 0.05) is 32.2 Å². The van der Waals surface area contributed by atoms with Gasteiger partial charge in [0.2, 0.25) is 0 Å². The fraction of sp³-hybridized carbons (Fsp3) is 0.367. The number of rotatable bonds is 12. The topological polar surface area (TPSA) is 66.0 Å². The predicted octanol–water partition coefficient (Wildman–Crippen LogP) is 5.90. The molecule has 190 valence electrons. The first-order valence-corrected chi connectivity index (χ1v) is 12.7. The average Bonchev–Trinajstić information content (AvgIpc) is 3.22. The Morgan fingerprint density at radius 2 is 1.28 bits per heavy atom. The number of alkyl carbamates (subject to hydrolysis) is 1. The molecule has 1 aliphatic carbocycles. The summed E-state index contributed by atoms with van der Waals surface area (Å²) in [6.45, 7) is 6.93. The highest BCUT2D eigenvalue weighted by Crippen LogP contribution is 2.44. The van der Waals surface area contributed by atoms with E-state index in [0.29, 0.717) is 26.2 Å². The predicted molar refractivity (Wildman–Crippen MR) is 140 cm³/mol. The fourth-order valence-electron chi connectivity index (χ4n) is 4.93. The molecular formula is C30H35NO5.